The zero-order valence-corrected chi connectivity index (χ0v) is 15.6. The Labute approximate surface area is 157 Å². The van der Waals surface area contributed by atoms with Gasteiger partial charge in [-0.1, -0.05) is 36.6 Å². The van der Waals surface area contributed by atoms with E-state index in [1.54, 1.807) is 26.1 Å². The molecule has 1 aromatic carbocycles. The molecular formula is C19H22ClN3O3. The second-order valence-corrected chi connectivity index (χ2v) is 7.73. The lowest BCUT2D eigenvalue weighted by molar-refractivity contribution is -0.146. The number of nitrogens with zero attached hydrogens (tertiary/aromatic N) is 2. The summed E-state index contributed by atoms with van der Waals surface area (Å²) in [6.07, 6.45) is 6.49. The molecule has 3 rings (SSSR count). The molecule has 1 amide bonds. The Bertz CT molecular complexity index is 838. The number of halogens is 1. The number of carboxylic acid groups (broad SMARTS) is 1. The quantitative estimate of drug-likeness (QED) is 0.832. The Kier molecular flexibility index (Phi) is 4.80. The largest absolute Gasteiger partial charge is 0.479 e. The van der Waals surface area contributed by atoms with Gasteiger partial charge in [-0.25, -0.2) is 4.79 Å². The van der Waals surface area contributed by atoms with Crippen LogP contribution in [-0.2, 0) is 20.5 Å². The van der Waals surface area contributed by atoms with E-state index < -0.39 is 16.9 Å². The van der Waals surface area contributed by atoms with Gasteiger partial charge in [-0.2, -0.15) is 5.10 Å². The van der Waals surface area contributed by atoms with E-state index in [1.165, 1.54) is 10.9 Å². The Morgan fingerprint density at radius 1 is 1.31 bits per heavy atom. The molecule has 1 aliphatic carbocycles. The number of hydrogen-bond donors (Lipinski definition) is 2. The van der Waals surface area contributed by atoms with E-state index in [1.807, 2.05) is 18.2 Å². The predicted octanol–water partition coefficient (Wildman–Crippen LogP) is 3.81. The van der Waals surface area contributed by atoms with E-state index >= 15 is 0 Å². The second-order valence-electron chi connectivity index (χ2n) is 7.29. The summed E-state index contributed by atoms with van der Waals surface area (Å²) < 4.78 is 1.34. The minimum absolute atomic E-state index is 0.107. The second kappa shape index (κ2) is 6.76. The maximum Gasteiger partial charge on any atom is 0.331 e. The molecule has 0 atom stereocenters. The number of anilines is 1. The highest BCUT2D eigenvalue weighted by Gasteiger charge is 2.43. The van der Waals surface area contributed by atoms with Crippen LogP contribution in [0.15, 0.2) is 36.7 Å². The summed E-state index contributed by atoms with van der Waals surface area (Å²) in [4.78, 5) is 24.5. The number of carboxylic acids is 1. The lowest BCUT2D eigenvalue weighted by Gasteiger charge is -2.28. The topological polar surface area (TPSA) is 84.2 Å². The molecule has 0 radical (unpaired) electrons. The zero-order valence-electron chi connectivity index (χ0n) is 14.8. The third-order valence-electron chi connectivity index (χ3n) is 5.21. The van der Waals surface area contributed by atoms with Gasteiger partial charge in [0.1, 0.15) is 0 Å². The number of amides is 1. The Morgan fingerprint density at radius 3 is 2.62 bits per heavy atom. The van der Waals surface area contributed by atoms with Crippen LogP contribution in [0.3, 0.4) is 0 Å². The molecular weight excluding hydrogens is 354 g/mol. The van der Waals surface area contributed by atoms with Gasteiger partial charge in [0, 0.05) is 11.2 Å². The zero-order chi connectivity index (χ0) is 18.9. The Morgan fingerprint density at radius 2 is 2.00 bits per heavy atom. The first-order chi connectivity index (χ1) is 12.3. The highest BCUT2D eigenvalue weighted by Crippen LogP contribution is 2.42. The van der Waals surface area contributed by atoms with E-state index in [0.29, 0.717) is 10.7 Å². The van der Waals surface area contributed by atoms with Crippen molar-refractivity contribution in [3.8, 4) is 0 Å². The summed E-state index contributed by atoms with van der Waals surface area (Å²) in [7, 11) is 0. The third-order valence-corrected chi connectivity index (χ3v) is 5.44. The molecule has 0 aliphatic heterocycles. The molecule has 0 unspecified atom stereocenters. The number of aromatic nitrogens is 2. The number of carbonyl (C=O) groups is 2. The molecule has 2 N–H and O–H groups in total. The van der Waals surface area contributed by atoms with Gasteiger partial charge in [-0.05, 0) is 44.4 Å². The smallest absolute Gasteiger partial charge is 0.331 e. The molecule has 0 spiro atoms. The number of rotatable bonds is 5. The number of carbonyl (C=O) groups excluding carboxylic acids is 1. The van der Waals surface area contributed by atoms with Gasteiger partial charge in [-0.15, -0.1) is 0 Å². The van der Waals surface area contributed by atoms with Crippen LogP contribution in [0.2, 0.25) is 5.02 Å². The van der Waals surface area contributed by atoms with Crippen molar-refractivity contribution in [2.75, 3.05) is 5.32 Å². The van der Waals surface area contributed by atoms with Crippen LogP contribution in [0.25, 0.3) is 0 Å². The number of hydrogen-bond acceptors (Lipinski definition) is 3. The first-order valence-corrected chi connectivity index (χ1v) is 8.99. The molecule has 7 heteroatoms. The van der Waals surface area contributed by atoms with Crippen molar-refractivity contribution in [2.45, 2.75) is 50.5 Å². The lowest BCUT2D eigenvalue weighted by atomic mass is 9.78. The monoisotopic (exact) mass is 375 g/mol. The van der Waals surface area contributed by atoms with Crippen molar-refractivity contribution in [1.82, 2.24) is 9.78 Å². The fraction of sp³-hybridized carbons (Fsp3) is 0.421. The summed E-state index contributed by atoms with van der Waals surface area (Å²) in [5.41, 5.74) is -0.410. The van der Waals surface area contributed by atoms with Gasteiger partial charge in [0.05, 0.1) is 17.3 Å². The van der Waals surface area contributed by atoms with Gasteiger partial charge >= 0.3 is 5.97 Å². The third kappa shape index (κ3) is 3.21. The summed E-state index contributed by atoms with van der Waals surface area (Å²) in [5, 5.41) is 16.9. The molecule has 26 heavy (non-hydrogen) atoms. The Hall–Kier alpha value is -2.34. The lowest BCUT2D eigenvalue weighted by Crippen LogP contribution is -2.38. The van der Waals surface area contributed by atoms with Crippen LogP contribution in [0.1, 0.15) is 45.1 Å². The van der Waals surface area contributed by atoms with E-state index in [4.69, 9.17) is 11.6 Å². The minimum atomic E-state index is -1.19. The first-order valence-electron chi connectivity index (χ1n) is 8.62. The Balaban J connectivity index is 1.86. The van der Waals surface area contributed by atoms with Crippen molar-refractivity contribution >= 4 is 29.2 Å². The van der Waals surface area contributed by atoms with Crippen molar-refractivity contribution in [2.24, 2.45) is 0 Å². The summed E-state index contributed by atoms with van der Waals surface area (Å²) in [5.74, 6) is -1.10. The molecule has 6 nitrogen and oxygen atoms in total. The van der Waals surface area contributed by atoms with Crippen LogP contribution in [-0.4, -0.2) is 26.8 Å². The number of aliphatic carboxylic acids is 1. The molecule has 138 valence electrons. The standard InChI is InChI=1S/C19H22ClN3O3/c1-18(2,17(25)26)23-12-15(11-21-23)22-16(24)19(8-3-4-9-19)13-6-5-7-14(20)10-13/h5-7,10-12H,3-4,8-9H2,1-2H3,(H,22,24)(H,25,26). The van der Waals surface area contributed by atoms with Gasteiger partial charge in [0.25, 0.3) is 0 Å². The van der Waals surface area contributed by atoms with Gasteiger partial charge < -0.3 is 10.4 Å². The van der Waals surface area contributed by atoms with Crippen molar-refractivity contribution in [3.63, 3.8) is 0 Å². The maximum atomic E-state index is 13.1. The molecule has 1 aromatic heterocycles. The number of nitrogens with one attached hydrogen (secondary N) is 1. The first kappa shape index (κ1) is 18.5. The molecule has 2 aromatic rings. The highest BCUT2D eigenvalue weighted by atomic mass is 35.5. The van der Waals surface area contributed by atoms with Crippen LogP contribution in [0.5, 0.6) is 0 Å². The fourth-order valence-electron chi connectivity index (χ4n) is 3.45. The highest BCUT2D eigenvalue weighted by molar-refractivity contribution is 6.30. The van der Waals surface area contributed by atoms with Gasteiger partial charge in [0.15, 0.2) is 5.54 Å². The SMILES string of the molecule is CC(C)(C(=O)O)n1cc(NC(=O)C2(c3cccc(Cl)c3)CCCC2)cn1. The van der Waals surface area contributed by atoms with E-state index in [2.05, 4.69) is 10.4 Å². The number of benzene rings is 1. The fourth-order valence-corrected chi connectivity index (χ4v) is 3.64. The minimum Gasteiger partial charge on any atom is -0.479 e. The van der Waals surface area contributed by atoms with Crippen LogP contribution in [0.4, 0.5) is 5.69 Å². The normalized spacial score (nSPS) is 16.4. The molecule has 0 bridgehead atoms. The molecule has 1 aliphatic rings. The van der Waals surface area contributed by atoms with Crippen LogP contribution < -0.4 is 5.32 Å². The van der Waals surface area contributed by atoms with E-state index in [-0.39, 0.29) is 5.91 Å². The molecule has 1 heterocycles. The van der Waals surface area contributed by atoms with Crippen molar-refractivity contribution in [3.05, 3.63) is 47.2 Å². The summed E-state index contributed by atoms with van der Waals surface area (Å²) in [6.45, 7) is 3.11. The molecule has 1 saturated carbocycles. The summed E-state index contributed by atoms with van der Waals surface area (Å²) in [6, 6.07) is 7.44. The van der Waals surface area contributed by atoms with Crippen LogP contribution >= 0.6 is 11.6 Å². The van der Waals surface area contributed by atoms with Crippen molar-refractivity contribution < 1.29 is 14.7 Å². The van der Waals surface area contributed by atoms with E-state index in [0.717, 1.165) is 31.2 Å². The molecule has 1 fully saturated rings. The van der Waals surface area contributed by atoms with E-state index in [9.17, 15) is 14.7 Å². The average Bonchev–Trinajstić information content (AvgIpc) is 3.25. The molecule has 0 saturated heterocycles. The van der Waals surface area contributed by atoms with Gasteiger partial charge in [-0.3, -0.25) is 9.48 Å². The maximum absolute atomic E-state index is 13.1. The van der Waals surface area contributed by atoms with Gasteiger partial charge in [0.2, 0.25) is 5.91 Å². The predicted molar refractivity (Wildman–Crippen MR) is 99.4 cm³/mol. The summed E-state index contributed by atoms with van der Waals surface area (Å²) >= 11 is 6.13. The average molecular weight is 376 g/mol. The van der Waals surface area contributed by atoms with Crippen LogP contribution in [0, 0.1) is 0 Å². The van der Waals surface area contributed by atoms with Crippen molar-refractivity contribution in [1.29, 1.82) is 0 Å².